The first kappa shape index (κ1) is 21.0. The highest BCUT2D eigenvalue weighted by molar-refractivity contribution is 5.77. The monoisotopic (exact) mass is 387 g/mol. The van der Waals surface area contributed by atoms with Gasteiger partial charge in [0, 0.05) is 38.7 Å². The number of rotatable bonds is 6. The fourth-order valence-corrected chi connectivity index (χ4v) is 3.33. The number of hydrogen-bond acceptors (Lipinski definition) is 4. The average molecular weight is 387 g/mol. The molecule has 0 bridgehead atoms. The van der Waals surface area contributed by atoms with Gasteiger partial charge in [0.2, 0.25) is 5.91 Å². The van der Waals surface area contributed by atoms with Gasteiger partial charge in [-0.2, -0.15) is 13.2 Å². The van der Waals surface area contributed by atoms with Crippen molar-refractivity contribution in [2.24, 2.45) is 5.92 Å². The SMILES string of the molecule is CCCC(C)CC(=O)N1CCN(c2ccc(C(F)(F)F)cc2[N+](=O)[O-])CC1. The molecule has 0 N–H and O–H groups in total. The lowest BCUT2D eigenvalue weighted by atomic mass is 10.0. The zero-order valence-corrected chi connectivity index (χ0v) is 15.5. The van der Waals surface area contributed by atoms with Crippen molar-refractivity contribution in [1.29, 1.82) is 0 Å². The average Bonchev–Trinajstić information content (AvgIpc) is 2.60. The third-order valence-electron chi connectivity index (χ3n) is 4.78. The summed E-state index contributed by atoms with van der Waals surface area (Å²) in [5.74, 6) is 0.356. The number of alkyl halides is 3. The number of nitro benzene ring substituents is 1. The predicted molar refractivity (Wildman–Crippen MR) is 95.6 cm³/mol. The van der Waals surface area contributed by atoms with Crippen molar-refractivity contribution >= 4 is 17.3 Å². The van der Waals surface area contributed by atoms with E-state index in [1.165, 1.54) is 0 Å². The molecule has 1 saturated heterocycles. The zero-order valence-electron chi connectivity index (χ0n) is 15.5. The molecule has 0 saturated carbocycles. The van der Waals surface area contributed by atoms with E-state index in [0.29, 0.717) is 44.6 Å². The van der Waals surface area contributed by atoms with Crippen molar-refractivity contribution in [2.45, 2.75) is 39.3 Å². The molecular formula is C18H24F3N3O3. The first-order valence-electron chi connectivity index (χ1n) is 9.01. The number of anilines is 1. The van der Waals surface area contributed by atoms with Crippen LogP contribution < -0.4 is 4.90 Å². The Morgan fingerprint density at radius 3 is 2.41 bits per heavy atom. The zero-order chi connectivity index (χ0) is 20.2. The highest BCUT2D eigenvalue weighted by Crippen LogP contribution is 2.36. The van der Waals surface area contributed by atoms with E-state index in [-0.39, 0.29) is 11.6 Å². The Hall–Kier alpha value is -2.32. The lowest BCUT2D eigenvalue weighted by Crippen LogP contribution is -2.49. The van der Waals surface area contributed by atoms with Gasteiger partial charge in [0.1, 0.15) is 5.69 Å². The fourth-order valence-electron chi connectivity index (χ4n) is 3.33. The summed E-state index contributed by atoms with van der Waals surface area (Å²) in [4.78, 5) is 26.2. The number of amides is 1. The third kappa shape index (κ3) is 5.33. The van der Waals surface area contributed by atoms with Crippen LogP contribution in [0.3, 0.4) is 0 Å². The quantitative estimate of drug-likeness (QED) is 0.545. The molecule has 1 aromatic carbocycles. The molecule has 27 heavy (non-hydrogen) atoms. The van der Waals surface area contributed by atoms with E-state index >= 15 is 0 Å². The Kier molecular flexibility index (Phi) is 6.67. The molecule has 1 amide bonds. The van der Waals surface area contributed by atoms with Gasteiger partial charge in [0.05, 0.1) is 10.5 Å². The summed E-state index contributed by atoms with van der Waals surface area (Å²) in [6, 6.07) is 2.56. The predicted octanol–water partition coefficient (Wildman–Crippen LogP) is 4.09. The van der Waals surface area contributed by atoms with Crippen molar-refractivity contribution in [3.8, 4) is 0 Å². The lowest BCUT2D eigenvalue weighted by molar-refractivity contribution is -0.384. The summed E-state index contributed by atoms with van der Waals surface area (Å²) in [5.41, 5.74) is -1.46. The Labute approximate surface area is 156 Å². The van der Waals surface area contributed by atoms with Gasteiger partial charge in [0.15, 0.2) is 0 Å². The molecule has 0 spiro atoms. The first-order chi connectivity index (χ1) is 12.6. The van der Waals surface area contributed by atoms with Crippen LogP contribution >= 0.6 is 0 Å². The molecule has 6 nitrogen and oxygen atoms in total. The van der Waals surface area contributed by atoms with Crippen LogP contribution in [-0.4, -0.2) is 41.9 Å². The van der Waals surface area contributed by atoms with E-state index in [4.69, 9.17) is 0 Å². The Bertz CT molecular complexity index is 686. The number of hydrogen-bond donors (Lipinski definition) is 0. The molecular weight excluding hydrogens is 363 g/mol. The molecule has 1 aliphatic rings. The Balaban J connectivity index is 2.07. The summed E-state index contributed by atoms with van der Waals surface area (Å²) >= 11 is 0. The van der Waals surface area contributed by atoms with Gasteiger partial charge in [-0.05, 0) is 18.1 Å². The largest absolute Gasteiger partial charge is 0.416 e. The van der Waals surface area contributed by atoms with Gasteiger partial charge < -0.3 is 9.80 Å². The van der Waals surface area contributed by atoms with Crippen LogP contribution in [-0.2, 0) is 11.0 Å². The van der Waals surface area contributed by atoms with Gasteiger partial charge in [-0.3, -0.25) is 14.9 Å². The summed E-state index contributed by atoms with van der Waals surface area (Å²) in [6.07, 6.45) is -2.18. The summed E-state index contributed by atoms with van der Waals surface area (Å²) in [5, 5.41) is 11.2. The maximum absolute atomic E-state index is 12.8. The minimum Gasteiger partial charge on any atom is -0.362 e. The molecule has 1 fully saturated rings. The smallest absolute Gasteiger partial charge is 0.362 e. The van der Waals surface area contributed by atoms with Gasteiger partial charge >= 0.3 is 6.18 Å². The van der Waals surface area contributed by atoms with Crippen molar-refractivity contribution < 1.29 is 22.9 Å². The van der Waals surface area contributed by atoms with E-state index in [1.54, 1.807) is 9.80 Å². The molecule has 9 heteroatoms. The van der Waals surface area contributed by atoms with Crippen LogP contribution in [0.5, 0.6) is 0 Å². The third-order valence-corrected chi connectivity index (χ3v) is 4.78. The molecule has 1 aromatic rings. The minimum absolute atomic E-state index is 0.0533. The summed E-state index contributed by atoms with van der Waals surface area (Å²) in [6.45, 7) is 5.59. The minimum atomic E-state index is -4.64. The number of piperazine rings is 1. The summed E-state index contributed by atoms with van der Waals surface area (Å²) in [7, 11) is 0. The second-order valence-electron chi connectivity index (χ2n) is 6.92. The second-order valence-corrected chi connectivity index (χ2v) is 6.92. The second kappa shape index (κ2) is 8.58. The normalized spacial score (nSPS) is 16.3. The molecule has 150 valence electrons. The van der Waals surface area contributed by atoms with Gasteiger partial charge in [-0.1, -0.05) is 26.7 Å². The fraction of sp³-hybridized carbons (Fsp3) is 0.611. The molecule has 1 heterocycles. The lowest BCUT2D eigenvalue weighted by Gasteiger charge is -2.36. The van der Waals surface area contributed by atoms with Crippen LogP contribution in [0.4, 0.5) is 24.5 Å². The maximum Gasteiger partial charge on any atom is 0.416 e. The van der Waals surface area contributed by atoms with Crippen LogP contribution in [0.25, 0.3) is 0 Å². The number of nitro groups is 1. The van der Waals surface area contributed by atoms with E-state index < -0.39 is 22.4 Å². The number of halogens is 3. The topological polar surface area (TPSA) is 66.7 Å². The maximum atomic E-state index is 12.8. The van der Waals surface area contributed by atoms with Crippen molar-refractivity contribution in [3.05, 3.63) is 33.9 Å². The van der Waals surface area contributed by atoms with Gasteiger partial charge in [-0.25, -0.2) is 0 Å². The molecule has 2 rings (SSSR count). The highest BCUT2D eigenvalue weighted by Gasteiger charge is 2.34. The molecule has 0 radical (unpaired) electrons. The van der Waals surface area contributed by atoms with E-state index in [1.807, 2.05) is 6.92 Å². The number of benzene rings is 1. The van der Waals surface area contributed by atoms with Crippen LogP contribution in [0.1, 0.15) is 38.7 Å². The van der Waals surface area contributed by atoms with Crippen molar-refractivity contribution in [3.63, 3.8) is 0 Å². The van der Waals surface area contributed by atoms with Crippen molar-refractivity contribution in [1.82, 2.24) is 4.90 Å². The standard InChI is InChI=1S/C18H24F3N3O3/c1-3-4-13(2)11-17(25)23-9-7-22(8-10-23)15-6-5-14(18(19,20)21)12-16(15)24(26)27/h5-6,12-13H,3-4,7-11H2,1-2H3. The Morgan fingerprint density at radius 2 is 1.89 bits per heavy atom. The molecule has 1 unspecified atom stereocenters. The highest BCUT2D eigenvalue weighted by atomic mass is 19.4. The molecule has 1 atom stereocenters. The molecule has 1 aliphatic heterocycles. The van der Waals surface area contributed by atoms with Gasteiger partial charge in [-0.15, -0.1) is 0 Å². The first-order valence-corrected chi connectivity index (χ1v) is 9.01. The van der Waals surface area contributed by atoms with Gasteiger partial charge in [0.25, 0.3) is 5.69 Å². The Morgan fingerprint density at radius 1 is 1.26 bits per heavy atom. The van der Waals surface area contributed by atoms with E-state index in [0.717, 1.165) is 25.0 Å². The van der Waals surface area contributed by atoms with E-state index in [2.05, 4.69) is 6.92 Å². The number of carbonyl (C=O) groups is 1. The van der Waals surface area contributed by atoms with Crippen LogP contribution in [0, 0.1) is 16.0 Å². The van der Waals surface area contributed by atoms with Crippen LogP contribution in [0.2, 0.25) is 0 Å². The number of nitrogens with zero attached hydrogens (tertiary/aromatic N) is 3. The van der Waals surface area contributed by atoms with Crippen LogP contribution in [0.15, 0.2) is 18.2 Å². The summed E-state index contributed by atoms with van der Waals surface area (Å²) < 4.78 is 38.5. The van der Waals surface area contributed by atoms with E-state index in [9.17, 15) is 28.1 Å². The number of carbonyl (C=O) groups excluding carboxylic acids is 1. The molecule has 0 aromatic heterocycles. The molecule has 0 aliphatic carbocycles. The van der Waals surface area contributed by atoms with Crippen molar-refractivity contribution in [2.75, 3.05) is 31.1 Å².